The number of hydrogen-bond donors (Lipinski definition) is 2. The quantitative estimate of drug-likeness (QED) is 0.687. The van der Waals surface area contributed by atoms with Crippen LogP contribution in [0.5, 0.6) is 11.5 Å². The second-order valence-electron chi connectivity index (χ2n) is 5.52. The number of methoxy groups -OCH3 is 1. The molecule has 2 aromatic carbocycles. The highest BCUT2D eigenvalue weighted by Gasteiger charge is 2.06. The van der Waals surface area contributed by atoms with Crippen molar-refractivity contribution in [1.29, 1.82) is 0 Å². The number of hydrogen-bond acceptors (Lipinski definition) is 4. The van der Waals surface area contributed by atoms with Crippen LogP contribution in [-0.4, -0.2) is 26.2 Å². The van der Waals surface area contributed by atoms with E-state index in [2.05, 4.69) is 17.2 Å². The molecule has 2 N–H and O–H groups in total. The van der Waals surface area contributed by atoms with Gasteiger partial charge >= 0.3 is 0 Å². The summed E-state index contributed by atoms with van der Waals surface area (Å²) in [4.78, 5) is 12.0. The minimum absolute atomic E-state index is 0.135. The predicted molar refractivity (Wildman–Crippen MR) is 102 cm³/mol. The number of ether oxygens (including phenoxy) is 2. The Morgan fingerprint density at radius 1 is 1.16 bits per heavy atom. The summed E-state index contributed by atoms with van der Waals surface area (Å²) in [6.07, 6.45) is 0. The molecule has 6 heteroatoms. The van der Waals surface area contributed by atoms with Crippen LogP contribution in [0.25, 0.3) is 0 Å². The van der Waals surface area contributed by atoms with Crippen LogP contribution in [0.4, 0.5) is 11.4 Å². The fourth-order valence-corrected chi connectivity index (χ4v) is 2.26. The summed E-state index contributed by atoms with van der Waals surface area (Å²) in [5.41, 5.74) is 2.39. The van der Waals surface area contributed by atoms with Gasteiger partial charge in [0.1, 0.15) is 18.1 Å². The third-order valence-corrected chi connectivity index (χ3v) is 3.52. The van der Waals surface area contributed by atoms with E-state index in [9.17, 15) is 4.79 Å². The van der Waals surface area contributed by atoms with Gasteiger partial charge in [-0.1, -0.05) is 18.2 Å². The monoisotopic (exact) mass is 360 g/mol. The van der Waals surface area contributed by atoms with E-state index < -0.39 is 0 Å². The number of halogens is 1. The average Bonchev–Trinajstić information content (AvgIpc) is 2.59. The Labute approximate surface area is 152 Å². The van der Waals surface area contributed by atoms with Crippen LogP contribution in [0.1, 0.15) is 6.92 Å². The Bertz CT molecular complexity index is 745. The number of carbonyl (C=O) groups excluding carboxylic acids is 1. The first-order chi connectivity index (χ1) is 12.0. The molecule has 5 nitrogen and oxygen atoms in total. The van der Waals surface area contributed by atoms with Crippen molar-refractivity contribution in [3.63, 3.8) is 0 Å². The van der Waals surface area contributed by atoms with Gasteiger partial charge in [-0.05, 0) is 55.0 Å². The molecule has 0 saturated heterocycles. The van der Waals surface area contributed by atoms with E-state index in [1.807, 2.05) is 31.2 Å². The van der Waals surface area contributed by atoms with Gasteiger partial charge in [-0.15, -0.1) is 0 Å². The highest BCUT2D eigenvalue weighted by molar-refractivity contribution is 6.32. The second kappa shape index (κ2) is 8.99. The van der Waals surface area contributed by atoms with Gasteiger partial charge in [0.15, 0.2) is 0 Å². The molecule has 0 aliphatic heterocycles. The van der Waals surface area contributed by atoms with E-state index in [0.29, 0.717) is 23.1 Å². The standard InChI is InChI=1S/C19H21ClN2O3/c1-13(2)12-25-16-7-4-14(5-8-16)21-11-19(23)22-15-6-9-18(24-3)17(20)10-15/h4-10,21H,1,11-12H2,2-3H3,(H,22,23). The van der Waals surface area contributed by atoms with E-state index >= 15 is 0 Å². The van der Waals surface area contributed by atoms with Crippen molar-refractivity contribution in [3.8, 4) is 11.5 Å². The van der Waals surface area contributed by atoms with Crippen molar-refractivity contribution in [2.75, 3.05) is 30.9 Å². The van der Waals surface area contributed by atoms with E-state index in [1.165, 1.54) is 7.11 Å². The second-order valence-corrected chi connectivity index (χ2v) is 5.93. The van der Waals surface area contributed by atoms with Gasteiger partial charge in [0, 0.05) is 11.4 Å². The normalized spacial score (nSPS) is 10.0. The highest BCUT2D eigenvalue weighted by atomic mass is 35.5. The Hall–Kier alpha value is -2.66. The maximum absolute atomic E-state index is 12.0. The summed E-state index contributed by atoms with van der Waals surface area (Å²) in [6, 6.07) is 12.5. The lowest BCUT2D eigenvalue weighted by molar-refractivity contribution is -0.114. The highest BCUT2D eigenvalue weighted by Crippen LogP contribution is 2.27. The molecule has 0 aliphatic carbocycles. The first-order valence-corrected chi connectivity index (χ1v) is 8.10. The Morgan fingerprint density at radius 3 is 2.44 bits per heavy atom. The molecule has 0 spiro atoms. The molecule has 0 fully saturated rings. The smallest absolute Gasteiger partial charge is 0.243 e. The third kappa shape index (κ3) is 6.04. The summed E-state index contributed by atoms with van der Waals surface area (Å²) in [5, 5.41) is 6.27. The van der Waals surface area contributed by atoms with Crippen LogP contribution in [-0.2, 0) is 4.79 Å². The first kappa shape index (κ1) is 18.7. The zero-order chi connectivity index (χ0) is 18.2. The van der Waals surface area contributed by atoms with Crippen molar-refractivity contribution in [2.45, 2.75) is 6.92 Å². The predicted octanol–water partition coefficient (Wildman–Crippen LogP) is 4.35. The molecule has 0 heterocycles. The third-order valence-electron chi connectivity index (χ3n) is 3.23. The maximum Gasteiger partial charge on any atom is 0.243 e. The summed E-state index contributed by atoms with van der Waals surface area (Å²) < 4.78 is 10.6. The molecule has 0 aromatic heterocycles. The van der Waals surface area contributed by atoms with Crippen molar-refractivity contribution >= 4 is 28.9 Å². The van der Waals surface area contributed by atoms with Gasteiger partial charge in [0.05, 0.1) is 18.7 Å². The molecular weight excluding hydrogens is 340 g/mol. The Morgan fingerprint density at radius 2 is 1.84 bits per heavy atom. The average molecular weight is 361 g/mol. The summed E-state index contributed by atoms with van der Waals surface area (Å²) >= 11 is 6.04. The molecule has 0 bridgehead atoms. The van der Waals surface area contributed by atoms with Crippen LogP contribution < -0.4 is 20.1 Å². The largest absolute Gasteiger partial charge is 0.495 e. The Kier molecular flexibility index (Phi) is 6.71. The molecule has 132 valence electrons. The summed E-state index contributed by atoms with van der Waals surface area (Å²) in [7, 11) is 1.54. The number of rotatable bonds is 8. The number of carbonyl (C=O) groups is 1. The molecular formula is C19H21ClN2O3. The lowest BCUT2D eigenvalue weighted by Gasteiger charge is -2.10. The number of benzene rings is 2. The molecule has 2 aromatic rings. The van der Waals surface area contributed by atoms with Gasteiger partial charge in [0.25, 0.3) is 0 Å². The molecule has 0 atom stereocenters. The van der Waals surface area contributed by atoms with Gasteiger partial charge in [0.2, 0.25) is 5.91 Å². The van der Waals surface area contributed by atoms with Crippen LogP contribution in [0.3, 0.4) is 0 Å². The number of nitrogens with one attached hydrogen (secondary N) is 2. The van der Waals surface area contributed by atoms with Crippen LogP contribution in [0.2, 0.25) is 5.02 Å². The minimum Gasteiger partial charge on any atom is -0.495 e. The van der Waals surface area contributed by atoms with Crippen molar-refractivity contribution in [1.82, 2.24) is 0 Å². The van der Waals surface area contributed by atoms with E-state index in [-0.39, 0.29) is 12.5 Å². The molecule has 0 unspecified atom stereocenters. The van der Waals surface area contributed by atoms with Gasteiger partial charge < -0.3 is 20.1 Å². The maximum atomic E-state index is 12.0. The fourth-order valence-electron chi connectivity index (χ4n) is 2.01. The molecule has 0 radical (unpaired) electrons. The van der Waals surface area contributed by atoms with Crippen LogP contribution >= 0.6 is 11.6 Å². The Balaban J connectivity index is 1.83. The van der Waals surface area contributed by atoms with Crippen molar-refractivity contribution in [2.24, 2.45) is 0 Å². The van der Waals surface area contributed by atoms with Gasteiger partial charge in [-0.25, -0.2) is 0 Å². The minimum atomic E-state index is -0.177. The lowest BCUT2D eigenvalue weighted by atomic mass is 10.3. The molecule has 1 amide bonds. The van der Waals surface area contributed by atoms with E-state index in [0.717, 1.165) is 17.0 Å². The summed E-state index contributed by atoms with van der Waals surface area (Å²) in [5.74, 6) is 1.14. The van der Waals surface area contributed by atoms with Crippen LogP contribution in [0.15, 0.2) is 54.6 Å². The van der Waals surface area contributed by atoms with Crippen molar-refractivity contribution in [3.05, 3.63) is 59.6 Å². The van der Waals surface area contributed by atoms with Crippen LogP contribution in [0, 0.1) is 0 Å². The van der Waals surface area contributed by atoms with Crippen molar-refractivity contribution < 1.29 is 14.3 Å². The number of amides is 1. The first-order valence-electron chi connectivity index (χ1n) is 7.72. The summed E-state index contributed by atoms with van der Waals surface area (Å²) in [6.45, 7) is 6.32. The lowest BCUT2D eigenvalue weighted by Crippen LogP contribution is -2.21. The number of anilines is 2. The fraction of sp³-hybridized carbons (Fsp3) is 0.211. The molecule has 25 heavy (non-hydrogen) atoms. The SMILES string of the molecule is C=C(C)COc1ccc(NCC(=O)Nc2ccc(OC)c(Cl)c2)cc1. The zero-order valence-corrected chi connectivity index (χ0v) is 15.0. The zero-order valence-electron chi connectivity index (χ0n) is 14.3. The molecule has 2 rings (SSSR count). The van der Waals surface area contributed by atoms with E-state index in [4.69, 9.17) is 21.1 Å². The van der Waals surface area contributed by atoms with E-state index in [1.54, 1.807) is 18.2 Å². The van der Waals surface area contributed by atoms with Gasteiger partial charge in [-0.3, -0.25) is 4.79 Å². The molecule has 0 aliphatic rings. The molecule has 0 saturated carbocycles. The van der Waals surface area contributed by atoms with Gasteiger partial charge in [-0.2, -0.15) is 0 Å². The topological polar surface area (TPSA) is 59.6 Å².